The number of aryl methyl sites for hydroxylation is 1. The normalized spacial score (nSPS) is 14.7. The Balaban J connectivity index is 0.00000392. The number of hydrogen-bond acceptors (Lipinski definition) is 3. The summed E-state index contributed by atoms with van der Waals surface area (Å²) in [5.74, 6) is -6.08. The summed E-state index contributed by atoms with van der Waals surface area (Å²) < 4.78 is 77.2. The van der Waals surface area contributed by atoms with Crippen molar-refractivity contribution >= 4 is 17.6 Å². The Morgan fingerprint density at radius 3 is 2.25 bits per heavy atom. The van der Waals surface area contributed by atoms with Crippen molar-refractivity contribution in [3.05, 3.63) is 35.1 Å². The van der Waals surface area contributed by atoms with Gasteiger partial charge in [-0.05, 0) is 24.5 Å². The summed E-state index contributed by atoms with van der Waals surface area (Å²) in [6.07, 6.45) is -4.88. The standard InChI is InChI=1S/C16H16F6N4O.CH4/c17-10-7-12(19)11(18)6-9(10)2-1-3-14(27)25-4-5-26(13(23)8-25)15(24)16(20,21)22;/h6-7,23-24H,1-5,8H2;1H4. The highest BCUT2D eigenvalue weighted by Gasteiger charge is 2.41. The number of nitrogens with one attached hydrogen (secondary N) is 2. The van der Waals surface area contributed by atoms with Crippen molar-refractivity contribution in [1.29, 1.82) is 10.8 Å². The summed E-state index contributed by atoms with van der Waals surface area (Å²) in [6.45, 7) is -0.809. The Hall–Kier alpha value is -2.59. The summed E-state index contributed by atoms with van der Waals surface area (Å²) >= 11 is 0. The van der Waals surface area contributed by atoms with Crippen LogP contribution in [0.1, 0.15) is 25.8 Å². The smallest absolute Gasteiger partial charge is 0.333 e. The van der Waals surface area contributed by atoms with Crippen LogP contribution in [0, 0.1) is 28.3 Å². The number of amidine groups is 2. The van der Waals surface area contributed by atoms with E-state index in [2.05, 4.69) is 0 Å². The molecule has 1 aromatic carbocycles. The molecule has 1 fully saturated rings. The van der Waals surface area contributed by atoms with Crippen molar-refractivity contribution < 1.29 is 31.1 Å². The summed E-state index contributed by atoms with van der Waals surface area (Å²) in [5, 5.41) is 14.7. The zero-order valence-electron chi connectivity index (χ0n) is 14.0. The first-order valence-corrected chi connectivity index (χ1v) is 7.92. The monoisotopic (exact) mass is 410 g/mol. The highest BCUT2D eigenvalue weighted by molar-refractivity contribution is 6.02. The van der Waals surface area contributed by atoms with Crippen LogP contribution in [0.15, 0.2) is 12.1 Å². The number of nitrogens with zero attached hydrogens (tertiary/aromatic N) is 2. The Kier molecular flexibility index (Phi) is 7.59. The van der Waals surface area contributed by atoms with E-state index in [0.717, 1.165) is 0 Å². The second-order valence-electron chi connectivity index (χ2n) is 5.97. The predicted octanol–water partition coefficient (Wildman–Crippen LogP) is 3.72. The van der Waals surface area contributed by atoms with Gasteiger partial charge in [0.25, 0.3) is 0 Å². The molecule has 1 aliphatic rings. The molecule has 0 radical (unpaired) electrons. The molecular formula is C17H20F6N4O. The second-order valence-corrected chi connectivity index (χ2v) is 5.97. The summed E-state index contributed by atoms with van der Waals surface area (Å²) in [4.78, 5) is 13.8. The molecule has 5 nitrogen and oxygen atoms in total. The number of hydrogen-bond donors (Lipinski definition) is 2. The molecule has 11 heteroatoms. The van der Waals surface area contributed by atoms with Gasteiger partial charge in [0.05, 0.1) is 6.54 Å². The van der Waals surface area contributed by atoms with Crippen molar-refractivity contribution in [2.75, 3.05) is 19.6 Å². The van der Waals surface area contributed by atoms with Crippen LogP contribution in [0.3, 0.4) is 0 Å². The maximum absolute atomic E-state index is 13.5. The molecule has 28 heavy (non-hydrogen) atoms. The molecule has 1 amide bonds. The minimum atomic E-state index is -4.88. The number of amides is 1. The molecule has 1 saturated heterocycles. The van der Waals surface area contributed by atoms with Crippen molar-refractivity contribution in [1.82, 2.24) is 9.80 Å². The largest absolute Gasteiger partial charge is 0.449 e. The average Bonchev–Trinajstić information content (AvgIpc) is 2.57. The molecule has 0 aliphatic carbocycles. The van der Waals surface area contributed by atoms with Crippen LogP contribution in [-0.2, 0) is 11.2 Å². The molecule has 0 spiro atoms. The maximum atomic E-state index is 13.5. The predicted molar refractivity (Wildman–Crippen MR) is 90.8 cm³/mol. The van der Waals surface area contributed by atoms with Crippen LogP contribution in [0.5, 0.6) is 0 Å². The molecule has 0 unspecified atom stereocenters. The molecule has 2 rings (SSSR count). The van der Waals surface area contributed by atoms with Crippen LogP contribution in [0.4, 0.5) is 26.3 Å². The van der Waals surface area contributed by atoms with E-state index in [4.69, 9.17) is 10.8 Å². The van der Waals surface area contributed by atoms with Crippen LogP contribution in [0.25, 0.3) is 0 Å². The average molecular weight is 410 g/mol. The molecule has 0 saturated carbocycles. The fourth-order valence-corrected chi connectivity index (χ4v) is 2.66. The van der Waals surface area contributed by atoms with Crippen LogP contribution in [0.2, 0.25) is 0 Å². The lowest BCUT2D eigenvalue weighted by molar-refractivity contribution is -0.131. The van der Waals surface area contributed by atoms with Crippen molar-refractivity contribution in [3.8, 4) is 0 Å². The first-order chi connectivity index (χ1) is 12.5. The van der Waals surface area contributed by atoms with Gasteiger partial charge in [-0.2, -0.15) is 13.2 Å². The third kappa shape index (κ3) is 5.46. The molecule has 1 aromatic rings. The third-order valence-corrected chi connectivity index (χ3v) is 4.08. The first-order valence-electron chi connectivity index (χ1n) is 7.92. The van der Waals surface area contributed by atoms with E-state index < -0.39 is 41.2 Å². The quantitative estimate of drug-likeness (QED) is 0.344. The van der Waals surface area contributed by atoms with E-state index in [-0.39, 0.29) is 51.9 Å². The number of rotatable bonds is 4. The number of carbonyl (C=O) groups excluding carboxylic acids is 1. The highest BCUT2D eigenvalue weighted by atomic mass is 19.4. The molecule has 2 N–H and O–H groups in total. The second kappa shape index (κ2) is 9.07. The Labute approximate surface area is 157 Å². The number of piperazine rings is 1. The van der Waals surface area contributed by atoms with Gasteiger partial charge < -0.3 is 9.80 Å². The van der Waals surface area contributed by atoms with E-state index in [1.54, 1.807) is 0 Å². The van der Waals surface area contributed by atoms with Gasteiger partial charge in [0.2, 0.25) is 11.7 Å². The molecule has 156 valence electrons. The summed E-state index contributed by atoms with van der Waals surface area (Å²) in [7, 11) is 0. The van der Waals surface area contributed by atoms with Gasteiger partial charge >= 0.3 is 6.18 Å². The van der Waals surface area contributed by atoms with E-state index in [1.807, 2.05) is 0 Å². The number of alkyl halides is 3. The van der Waals surface area contributed by atoms with Crippen molar-refractivity contribution in [3.63, 3.8) is 0 Å². The molecule has 0 atom stereocenters. The van der Waals surface area contributed by atoms with Crippen LogP contribution >= 0.6 is 0 Å². The zero-order chi connectivity index (χ0) is 20.4. The zero-order valence-corrected chi connectivity index (χ0v) is 14.0. The number of halogens is 6. The van der Waals surface area contributed by atoms with Crippen LogP contribution in [-0.4, -0.2) is 53.2 Å². The van der Waals surface area contributed by atoms with Gasteiger partial charge in [0.1, 0.15) is 11.7 Å². The molecule has 0 bridgehead atoms. The Morgan fingerprint density at radius 1 is 1.07 bits per heavy atom. The van der Waals surface area contributed by atoms with Gasteiger partial charge in [-0.3, -0.25) is 15.6 Å². The lowest BCUT2D eigenvalue weighted by Gasteiger charge is -2.36. The lowest BCUT2D eigenvalue weighted by atomic mass is 10.1. The minimum absolute atomic E-state index is 0. The SMILES string of the molecule is C.N=C1CN(C(=O)CCCc2cc(F)c(F)cc2F)CCN1C(=N)C(F)(F)F. The summed E-state index contributed by atoms with van der Waals surface area (Å²) in [6, 6.07) is 1.13. The first kappa shape index (κ1) is 23.4. The Bertz CT molecular complexity index is 765. The van der Waals surface area contributed by atoms with Crippen LogP contribution < -0.4 is 0 Å². The molecule has 1 aliphatic heterocycles. The van der Waals surface area contributed by atoms with E-state index in [1.165, 1.54) is 4.90 Å². The van der Waals surface area contributed by atoms with Gasteiger partial charge in [-0.15, -0.1) is 0 Å². The summed E-state index contributed by atoms with van der Waals surface area (Å²) in [5.41, 5.74) is -0.0853. The Morgan fingerprint density at radius 2 is 1.68 bits per heavy atom. The number of carbonyl (C=O) groups is 1. The van der Waals surface area contributed by atoms with Gasteiger partial charge in [-0.1, -0.05) is 7.43 Å². The molecular weight excluding hydrogens is 390 g/mol. The van der Waals surface area contributed by atoms with E-state index in [9.17, 15) is 31.1 Å². The van der Waals surface area contributed by atoms with Gasteiger partial charge in [0.15, 0.2) is 11.6 Å². The fourth-order valence-electron chi connectivity index (χ4n) is 2.66. The lowest BCUT2D eigenvalue weighted by Crippen LogP contribution is -2.56. The maximum Gasteiger partial charge on any atom is 0.449 e. The molecule has 1 heterocycles. The minimum Gasteiger partial charge on any atom is -0.333 e. The fraction of sp³-hybridized carbons (Fsp3) is 0.471. The van der Waals surface area contributed by atoms with Crippen molar-refractivity contribution in [2.45, 2.75) is 32.9 Å². The highest BCUT2D eigenvalue weighted by Crippen LogP contribution is 2.21. The van der Waals surface area contributed by atoms with Crippen molar-refractivity contribution in [2.24, 2.45) is 0 Å². The molecule has 0 aromatic heterocycles. The van der Waals surface area contributed by atoms with Gasteiger partial charge in [0, 0.05) is 25.6 Å². The third-order valence-electron chi connectivity index (χ3n) is 4.08. The van der Waals surface area contributed by atoms with E-state index >= 15 is 0 Å². The topological polar surface area (TPSA) is 71.2 Å². The van der Waals surface area contributed by atoms with Gasteiger partial charge in [-0.25, -0.2) is 13.2 Å². The van der Waals surface area contributed by atoms with E-state index in [0.29, 0.717) is 17.0 Å². The number of benzene rings is 1.